The molecule has 6 heteroatoms. The zero-order valence-corrected chi connectivity index (χ0v) is 34.6. The summed E-state index contributed by atoms with van der Waals surface area (Å²) in [5.41, 5.74) is 24.1. The zero-order valence-electron chi connectivity index (χ0n) is 27.6. The van der Waals surface area contributed by atoms with Gasteiger partial charge in [-0.05, 0) is 0 Å². The van der Waals surface area contributed by atoms with Crippen LogP contribution >= 0.6 is 0 Å². The summed E-state index contributed by atoms with van der Waals surface area (Å²) in [6, 6.07) is 0. The van der Waals surface area contributed by atoms with Crippen molar-refractivity contribution in [2.45, 2.75) is 139 Å². The third-order valence-corrected chi connectivity index (χ3v) is 10.5. The van der Waals surface area contributed by atoms with Gasteiger partial charge in [-0.2, -0.15) is 83.5 Å². The Kier molecular flexibility index (Phi) is 23.8. The van der Waals surface area contributed by atoms with Crippen molar-refractivity contribution < 1.29 is 102 Å². The number of rotatable bonds is 0. The predicted octanol–water partition coefficient (Wildman–Crippen LogP) is 0.633. The molecule has 0 N–H and O–H groups in total. The van der Waals surface area contributed by atoms with E-state index in [0.717, 1.165) is 0 Å². The van der Waals surface area contributed by atoms with Crippen LogP contribution in [0.15, 0.2) is 0 Å². The van der Waals surface area contributed by atoms with Crippen molar-refractivity contribution in [3.63, 3.8) is 0 Å². The van der Waals surface area contributed by atoms with Crippen molar-refractivity contribution in [3.8, 4) is 0 Å². The van der Waals surface area contributed by atoms with Crippen LogP contribution in [0.4, 0.5) is 0 Å². The van der Waals surface area contributed by atoms with Gasteiger partial charge in [0.15, 0.2) is 0 Å². The molecular weight excluding hydrogens is 682 g/mol. The summed E-state index contributed by atoms with van der Waals surface area (Å²) in [6.07, 6.45) is 16.4. The topological polar surface area (TPSA) is 0 Å². The fraction of sp³-hybridized carbons (Fsp3) is 0.583. The largest absolute Gasteiger partial charge is 2.00 e. The van der Waals surface area contributed by atoms with Crippen LogP contribution in [-0.4, -0.2) is 0 Å². The molecule has 42 heavy (non-hydrogen) atoms. The first-order valence-electron chi connectivity index (χ1n) is 14.9. The molecule has 228 valence electrons. The van der Waals surface area contributed by atoms with Gasteiger partial charge in [0.1, 0.15) is 0 Å². The van der Waals surface area contributed by atoms with Crippen molar-refractivity contribution in [2.75, 3.05) is 0 Å². The van der Waals surface area contributed by atoms with Gasteiger partial charge >= 0.3 is 65.2 Å². The minimum atomic E-state index is 0. The van der Waals surface area contributed by atoms with Crippen LogP contribution in [0.2, 0.25) is 0 Å². The van der Waals surface area contributed by atoms with Gasteiger partial charge in [0, 0.05) is 0 Å². The van der Waals surface area contributed by atoms with Gasteiger partial charge in [-0.3, -0.25) is 0 Å². The van der Waals surface area contributed by atoms with Crippen LogP contribution in [0.1, 0.15) is 122 Å². The second kappa shape index (κ2) is 21.0. The van der Waals surface area contributed by atoms with E-state index >= 15 is 0 Å². The second-order valence-electron chi connectivity index (χ2n) is 12.1. The Morgan fingerprint density at radius 2 is 0.548 bits per heavy atom. The normalized spacial score (nSPS) is 13.9. The molecule has 0 atom stereocenters. The summed E-state index contributed by atoms with van der Waals surface area (Å²) in [7, 11) is 0. The number of fused-ring (bicyclic) bond motifs is 3. The Morgan fingerprint density at radius 3 is 0.738 bits per heavy atom. The maximum atomic E-state index is 2.28. The van der Waals surface area contributed by atoms with Gasteiger partial charge in [0.25, 0.3) is 0 Å². The molecule has 0 radical (unpaired) electrons. The standard InChI is InChI=1S/3C12H17.3ClH.3Ti/c3*1-8-9(2)11-6-4-5-7-12(11)10(8)3;;;;;;/h3*4-7H2,1-3H3;3*1H;;;/q3*-1;;;;3*+2/p-3. The van der Waals surface area contributed by atoms with Crippen LogP contribution in [0.25, 0.3) is 0 Å². The fourth-order valence-corrected chi connectivity index (χ4v) is 7.40. The molecule has 0 fully saturated rings. The monoisotopic (exact) mass is 732 g/mol. The summed E-state index contributed by atoms with van der Waals surface area (Å²) in [4.78, 5) is 0. The third kappa shape index (κ3) is 9.79. The molecule has 0 nitrogen and oxygen atoms in total. The van der Waals surface area contributed by atoms with E-state index in [-0.39, 0.29) is 102 Å². The number of hydrogen-bond acceptors (Lipinski definition) is 0. The van der Waals surface area contributed by atoms with Crippen molar-refractivity contribution in [2.24, 2.45) is 0 Å². The van der Waals surface area contributed by atoms with Crippen molar-refractivity contribution in [3.05, 3.63) is 83.5 Å². The maximum absolute atomic E-state index is 2.28. The Labute approximate surface area is 322 Å². The van der Waals surface area contributed by atoms with Gasteiger partial charge in [-0.15, -0.1) is 0 Å². The van der Waals surface area contributed by atoms with E-state index in [4.69, 9.17) is 0 Å². The molecule has 3 aromatic rings. The first-order chi connectivity index (χ1) is 17.1. The van der Waals surface area contributed by atoms with Crippen LogP contribution < -0.4 is 37.2 Å². The third-order valence-electron chi connectivity index (χ3n) is 10.5. The summed E-state index contributed by atoms with van der Waals surface area (Å²) >= 11 is 0. The van der Waals surface area contributed by atoms with E-state index in [1.807, 2.05) is 0 Å². The Bertz CT molecular complexity index is 1000. The molecule has 0 spiro atoms. The van der Waals surface area contributed by atoms with Crippen LogP contribution in [0, 0.1) is 62.3 Å². The molecule has 0 unspecified atom stereocenters. The molecule has 3 aromatic carbocycles. The Hall–Kier alpha value is 1.06. The summed E-state index contributed by atoms with van der Waals surface area (Å²) in [5, 5.41) is 0. The van der Waals surface area contributed by atoms with Gasteiger partial charge in [-0.25, -0.2) is 0 Å². The molecule has 0 saturated heterocycles. The maximum Gasteiger partial charge on any atom is 2.00 e. The summed E-state index contributed by atoms with van der Waals surface area (Å²) in [6.45, 7) is 20.5. The molecular formula is C36H51Cl3Ti3. The van der Waals surface area contributed by atoms with Gasteiger partial charge in [0.05, 0.1) is 0 Å². The van der Waals surface area contributed by atoms with Gasteiger partial charge in [-0.1, -0.05) is 139 Å². The summed E-state index contributed by atoms with van der Waals surface area (Å²) in [5.74, 6) is 0. The molecule has 0 saturated carbocycles. The second-order valence-corrected chi connectivity index (χ2v) is 12.1. The predicted molar refractivity (Wildman–Crippen MR) is 159 cm³/mol. The molecule has 3 aliphatic rings. The van der Waals surface area contributed by atoms with E-state index < -0.39 is 0 Å². The fourth-order valence-electron chi connectivity index (χ4n) is 7.40. The number of hydrogen-bond donors (Lipinski definition) is 0. The van der Waals surface area contributed by atoms with E-state index in [1.165, 1.54) is 77.0 Å². The average molecular weight is 734 g/mol. The first kappa shape index (κ1) is 47.5. The summed E-state index contributed by atoms with van der Waals surface area (Å²) < 4.78 is 0. The van der Waals surface area contributed by atoms with E-state index in [9.17, 15) is 0 Å². The van der Waals surface area contributed by atoms with Crippen LogP contribution in [0.5, 0.6) is 0 Å². The first-order valence-corrected chi connectivity index (χ1v) is 14.9. The minimum Gasteiger partial charge on any atom is -1.00 e. The Balaban J connectivity index is -0.000000507. The van der Waals surface area contributed by atoms with Gasteiger partial charge < -0.3 is 37.2 Å². The Morgan fingerprint density at radius 1 is 0.357 bits per heavy atom. The van der Waals surface area contributed by atoms with Crippen LogP contribution in [-0.2, 0) is 104 Å². The van der Waals surface area contributed by atoms with Crippen molar-refractivity contribution in [1.82, 2.24) is 0 Å². The minimum absolute atomic E-state index is 0. The molecule has 0 amide bonds. The smallest absolute Gasteiger partial charge is 1.00 e. The van der Waals surface area contributed by atoms with E-state index in [1.54, 1.807) is 83.5 Å². The van der Waals surface area contributed by atoms with Crippen molar-refractivity contribution in [1.29, 1.82) is 0 Å². The number of halogens is 3. The van der Waals surface area contributed by atoms with Crippen LogP contribution in [0.3, 0.4) is 0 Å². The van der Waals surface area contributed by atoms with E-state index in [0.29, 0.717) is 0 Å². The molecule has 0 aromatic heterocycles. The zero-order chi connectivity index (χ0) is 26.1. The van der Waals surface area contributed by atoms with Gasteiger partial charge in [0.2, 0.25) is 0 Å². The molecule has 0 heterocycles. The van der Waals surface area contributed by atoms with E-state index in [2.05, 4.69) is 62.3 Å². The molecule has 3 aliphatic carbocycles. The quantitative estimate of drug-likeness (QED) is 0.235. The SMILES string of the molecule is Cc1c2c([c-](C)c1C)CCCC2.Cc1c2c([c-](C)c1C)CCCC2.Cc1c2c([c-](C)c1C)CCCC2.[Cl-].[Cl-].[Cl-].[Ti+2].[Ti+2].[Ti+2]. The molecule has 0 bridgehead atoms. The van der Waals surface area contributed by atoms with Crippen molar-refractivity contribution >= 4 is 0 Å². The average Bonchev–Trinajstić information content (AvgIpc) is 3.38. The molecule has 6 rings (SSSR count). The molecule has 0 aliphatic heterocycles.